The van der Waals surface area contributed by atoms with Gasteiger partial charge in [-0.2, -0.15) is 0 Å². The van der Waals surface area contributed by atoms with Gasteiger partial charge in [-0.15, -0.1) is 0 Å². The summed E-state index contributed by atoms with van der Waals surface area (Å²) in [6.45, 7) is 2.18. The molecule has 1 heterocycles. The largest absolute Gasteiger partial charge is 0.455 e. The number of hydrogen-bond donors (Lipinski definition) is 0. The van der Waals surface area contributed by atoms with Crippen LogP contribution >= 0.6 is 0 Å². The van der Waals surface area contributed by atoms with Gasteiger partial charge in [-0.1, -0.05) is 103 Å². The Labute approximate surface area is 208 Å². The number of para-hydroxylation sites is 2. The van der Waals surface area contributed by atoms with Crippen LogP contribution in [-0.2, 0) is 0 Å². The first-order chi connectivity index (χ1) is 17.8. The van der Waals surface area contributed by atoms with Crippen molar-refractivity contribution in [3.05, 3.63) is 121 Å². The fraction of sp³-hybridized carbons (Fsp3) is 0.0286. The van der Waals surface area contributed by atoms with Crippen molar-refractivity contribution in [1.82, 2.24) is 0 Å². The van der Waals surface area contributed by atoms with Gasteiger partial charge in [0.2, 0.25) is 0 Å². The molecule has 36 heavy (non-hydrogen) atoms. The molecule has 0 radical (unpaired) electrons. The molecule has 0 saturated carbocycles. The van der Waals surface area contributed by atoms with Gasteiger partial charge < -0.3 is 4.42 Å². The summed E-state index contributed by atoms with van der Waals surface area (Å²) in [6.07, 6.45) is 0. The van der Waals surface area contributed by atoms with Crippen LogP contribution in [0.4, 0.5) is 0 Å². The van der Waals surface area contributed by atoms with Crippen LogP contribution < -0.4 is 0 Å². The first kappa shape index (κ1) is 19.7. The third kappa shape index (κ3) is 2.66. The number of benzene rings is 7. The maximum atomic E-state index is 6.49. The molecule has 1 aromatic heterocycles. The van der Waals surface area contributed by atoms with Crippen molar-refractivity contribution in [3.8, 4) is 22.3 Å². The van der Waals surface area contributed by atoms with E-state index in [1.54, 1.807) is 0 Å². The molecule has 0 aliphatic heterocycles. The Balaban J connectivity index is 1.58. The average molecular weight is 459 g/mol. The van der Waals surface area contributed by atoms with E-state index in [2.05, 4.69) is 116 Å². The molecule has 0 spiro atoms. The van der Waals surface area contributed by atoms with Crippen LogP contribution in [0.2, 0.25) is 0 Å². The fourth-order valence-corrected chi connectivity index (χ4v) is 6.11. The van der Waals surface area contributed by atoms with Gasteiger partial charge in [-0.05, 0) is 73.6 Å². The van der Waals surface area contributed by atoms with E-state index < -0.39 is 0 Å². The molecule has 0 bridgehead atoms. The highest BCUT2D eigenvalue weighted by molar-refractivity contribution is 6.29. The second-order valence-corrected chi connectivity index (χ2v) is 9.81. The molecular formula is C35H22O. The monoisotopic (exact) mass is 458 g/mol. The number of rotatable bonds is 2. The molecule has 0 N–H and O–H groups in total. The summed E-state index contributed by atoms with van der Waals surface area (Å²) in [5, 5.41) is 10.1. The zero-order valence-electron chi connectivity index (χ0n) is 19.9. The Morgan fingerprint density at radius 2 is 1.17 bits per heavy atom. The Morgan fingerprint density at radius 3 is 1.97 bits per heavy atom. The molecule has 0 amide bonds. The summed E-state index contributed by atoms with van der Waals surface area (Å²) >= 11 is 0. The fourth-order valence-electron chi connectivity index (χ4n) is 6.11. The van der Waals surface area contributed by atoms with Crippen LogP contribution in [0, 0.1) is 6.92 Å². The molecule has 0 unspecified atom stereocenters. The quantitative estimate of drug-likeness (QED) is 0.235. The van der Waals surface area contributed by atoms with Crippen LogP contribution in [-0.4, -0.2) is 0 Å². The van der Waals surface area contributed by atoms with Crippen molar-refractivity contribution in [2.75, 3.05) is 0 Å². The van der Waals surface area contributed by atoms with Crippen molar-refractivity contribution in [3.63, 3.8) is 0 Å². The van der Waals surface area contributed by atoms with Crippen molar-refractivity contribution in [1.29, 1.82) is 0 Å². The molecule has 8 rings (SSSR count). The second-order valence-electron chi connectivity index (χ2n) is 9.81. The molecule has 0 atom stereocenters. The van der Waals surface area contributed by atoms with E-state index in [0.717, 1.165) is 27.5 Å². The molecule has 1 nitrogen and oxygen atoms in total. The Bertz CT molecular complexity index is 2080. The summed E-state index contributed by atoms with van der Waals surface area (Å²) in [7, 11) is 0. The highest BCUT2D eigenvalue weighted by atomic mass is 16.3. The van der Waals surface area contributed by atoms with Crippen molar-refractivity contribution >= 4 is 54.3 Å². The van der Waals surface area contributed by atoms with Gasteiger partial charge >= 0.3 is 0 Å². The lowest BCUT2D eigenvalue weighted by molar-refractivity contribution is 0.670. The van der Waals surface area contributed by atoms with Gasteiger partial charge in [-0.3, -0.25) is 0 Å². The Kier molecular flexibility index (Phi) is 3.93. The predicted molar refractivity (Wildman–Crippen MR) is 153 cm³/mol. The highest BCUT2D eigenvalue weighted by Gasteiger charge is 2.19. The summed E-state index contributed by atoms with van der Waals surface area (Å²) in [5.41, 5.74) is 7.98. The number of aryl methyl sites for hydroxylation is 1. The van der Waals surface area contributed by atoms with Crippen molar-refractivity contribution < 1.29 is 4.42 Å². The Morgan fingerprint density at radius 1 is 0.472 bits per heavy atom. The van der Waals surface area contributed by atoms with Gasteiger partial charge in [0.1, 0.15) is 11.2 Å². The molecule has 0 aliphatic carbocycles. The zero-order chi connectivity index (χ0) is 23.8. The first-order valence-electron chi connectivity index (χ1n) is 12.4. The van der Waals surface area contributed by atoms with E-state index in [9.17, 15) is 0 Å². The maximum absolute atomic E-state index is 6.49. The van der Waals surface area contributed by atoms with E-state index in [0.29, 0.717) is 0 Å². The third-order valence-electron chi connectivity index (χ3n) is 7.64. The normalized spacial score (nSPS) is 12.0. The first-order valence-corrected chi connectivity index (χ1v) is 12.4. The van der Waals surface area contributed by atoms with Crippen molar-refractivity contribution in [2.45, 2.75) is 6.92 Å². The molecule has 1 heteroatoms. The van der Waals surface area contributed by atoms with Gasteiger partial charge in [-0.25, -0.2) is 0 Å². The highest BCUT2D eigenvalue weighted by Crippen LogP contribution is 2.46. The van der Waals surface area contributed by atoms with Crippen LogP contribution in [0.5, 0.6) is 0 Å². The van der Waals surface area contributed by atoms with Gasteiger partial charge in [0.15, 0.2) is 0 Å². The molecule has 168 valence electrons. The van der Waals surface area contributed by atoms with Gasteiger partial charge in [0.25, 0.3) is 0 Å². The lowest BCUT2D eigenvalue weighted by Gasteiger charge is -2.18. The minimum absolute atomic E-state index is 0.927. The number of furan rings is 1. The maximum Gasteiger partial charge on any atom is 0.143 e. The van der Waals surface area contributed by atoms with Crippen molar-refractivity contribution in [2.24, 2.45) is 0 Å². The summed E-state index contributed by atoms with van der Waals surface area (Å²) in [6, 6.07) is 41.7. The minimum atomic E-state index is 0.927. The van der Waals surface area contributed by atoms with E-state index in [4.69, 9.17) is 4.42 Å². The number of hydrogen-bond acceptors (Lipinski definition) is 1. The lowest BCUT2D eigenvalue weighted by Crippen LogP contribution is -1.91. The van der Waals surface area contributed by atoms with Gasteiger partial charge in [0, 0.05) is 16.3 Å². The Hall–Kier alpha value is -4.62. The van der Waals surface area contributed by atoms with Gasteiger partial charge in [0.05, 0.1) is 0 Å². The van der Waals surface area contributed by atoms with E-state index in [1.165, 1.54) is 54.6 Å². The van der Waals surface area contributed by atoms with Crippen LogP contribution in [0.15, 0.2) is 120 Å². The molecule has 0 aliphatic rings. The topological polar surface area (TPSA) is 13.1 Å². The molecule has 0 saturated heterocycles. The lowest BCUT2D eigenvalue weighted by atomic mass is 9.85. The average Bonchev–Trinajstić information content (AvgIpc) is 3.30. The summed E-state index contributed by atoms with van der Waals surface area (Å²) in [5.74, 6) is 0. The minimum Gasteiger partial charge on any atom is -0.455 e. The third-order valence-corrected chi connectivity index (χ3v) is 7.64. The van der Waals surface area contributed by atoms with Crippen LogP contribution in [0.25, 0.3) is 76.5 Å². The molecule has 0 fully saturated rings. The molecule has 7 aromatic carbocycles. The number of fused-ring (bicyclic) bond motifs is 3. The predicted octanol–water partition coefficient (Wildman–Crippen LogP) is 10.1. The van der Waals surface area contributed by atoms with Crippen LogP contribution in [0.3, 0.4) is 0 Å². The van der Waals surface area contributed by atoms with E-state index in [1.807, 2.05) is 6.07 Å². The zero-order valence-corrected chi connectivity index (χ0v) is 19.9. The second kappa shape index (κ2) is 7.19. The van der Waals surface area contributed by atoms with Crippen LogP contribution in [0.1, 0.15) is 5.56 Å². The standard InChI is InChI=1S/C35H22O/c1-21-18-23-14-16-26-30(22-8-3-2-4-9-22)20-31(27-17-15-24(19-21)33(23)34(26)27)29-12-7-11-28-25-10-5-6-13-32(25)36-35(28)29/h2-20H,1H3. The smallest absolute Gasteiger partial charge is 0.143 e. The molecular weight excluding hydrogens is 436 g/mol. The summed E-state index contributed by atoms with van der Waals surface area (Å²) < 4.78 is 6.49. The summed E-state index contributed by atoms with van der Waals surface area (Å²) in [4.78, 5) is 0. The molecule has 8 aromatic rings. The van der Waals surface area contributed by atoms with E-state index in [-0.39, 0.29) is 0 Å². The van der Waals surface area contributed by atoms with E-state index >= 15 is 0 Å². The SMILES string of the molecule is Cc1cc2ccc3c(-c4ccccc4)cc(-c4cccc5c4oc4ccccc45)c4ccc(c1)c2c34.